The van der Waals surface area contributed by atoms with Crippen LogP contribution in [0.4, 0.5) is 11.4 Å². The van der Waals surface area contributed by atoms with Crippen molar-refractivity contribution in [3.63, 3.8) is 0 Å². The summed E-state index contributed by atoms with van der Waals surface area (Å²) >= 11 is 6.23. The van der Waals surface area contributed by atoms with Crippen LogP contribution in [0, 0.1) is 6.92 Å². The van der Waals surface area contributed by atoms with Crippen LogP contribution < -0.4 is 5.32 Å². The van der Waals surface area contributed by atoms with Crippen molar-refractivity contribution in [3.8, 4) is 0 Å². The minimum absolute atomic E-state index is 0.735. The number of halogens is 1. The summed E-state index contributed by atoms with van der Waals surface area (Å²) in [6.45, 7) is 2.06. The van der Waals surface area contributed by atoms with Gasteiger partial charge in [0.25, 0.3) is 0 Å². The number of hydrogen-bond acceptors (Lipinski definition) is 1. The highest BCUT2D eigenvalue weighted by atomic mass is 35.5. The molecule has 19 heavy (non-hydrogen) atoms. The molecule has 3 aromatic rings. The van der Waals surface area contributed by atoms with E-state index in [1.807, 2.05) is 30.3 Å². The summed E-state index contributed by atoms with van der Waals surface area (Å²) in [5.41, 5.74) is 3.20. The van der Waals surface area contributed by atoms with E-state index < -0.39 is 0 Å². The fourth-order valence-electron chi connectivity index (χ4n) is 2.21. The predicted molar refractivity (Wildman–Crippen MR) is 83.4 cm³/mol. The molecule has 3 rings (SSSR count). The largest absolute Gasteiger partial charge is 0.354 e. The zero-order chi connectivity index (χ0) is 13.2. The van der Waals surface area contributed by atoms with E-state index in [9.17, 15) is 0 Å². The van der Waals surface area contributed by atoms with E-state index in [1.54, 1.807) is 0 Å². The highest BCUT2D eigenvalue weighted by molar-refractivity contribution is 6.33. The highest BCUT2D eigenvalue weighted by Crippen LogP contribution is 2.30. The molecule has 0 bridgehead atoms. The minimum Gasteiger partial charge on any atom is -0.354 e. The summed E-state index contributed by atoms with van der Waals surface area (Å²) in [6.07, 6.45) is 0. The molecule has 0 spiro atoms. The summed E-state index contributed by atoms with van der Waals surface area (Å²) in [7, 11) is 0. The Labute approximate surface area is 117 Å². The Kier molecular flexibility index (Phi) is 3.14. The van der Waals surface area contributed by atoms with Crippen LogP contribution in [0.5, 0.6) is 0 Å². The SMILES string of the molecule is Cc1ccc(Cl)c(Nc2cccc3ccccc23)c1. The molecule has 0 fully saturated rings. The van der Waals surface area contributed by atoms with Crippen molar-refractivity contribution in [2.45, 2.75) is 6.92 Å². The fraction of sp³-hybridized carbons (Fsp3) is 0.0588. The topological polar surface area (TPSA) is 12.0 Å². The van der Waals surface area contributed by atoms with Gasteiger partial charge in [-0.25, -0.2) is 0 Å². The fourth-order valence-corrected chi connectivity index (χ4v) is 2.38. The molecular formula is C17H14ClN. The molecule has 1 nitrogen and oxygen atoms in total. The molecule has 0 saturated heterocycles. The van der Waals surface area contributed by atoms with Crippen molar-refractivity contribution >= 4 is 33.7 Å². The number of benzene rings is 3. The normalized spacial score (nSPS) is 10.6. The molecule has 0 heterocycles. The molecule has 2 heteroatoms. The van der Waals surface area contributed by atoms with Crippen LogP contribution in [0.3, 0.4) is 0 Å². The lowest BCUT2D eigenvalue weighted by molar-refractivity contribution is 1.45. The molecule has 0 aromatic heterocycles. The lowest BCUT2D eigenvalue weighted by Gasteiger charge is -2.12. The Morgan fingerprint density at radius 2 is 1.63 bits per heavy atom. The van der Waals surface area contributed by atoms with E-state index in [0.717, 1.165) is 16.4 Å². The van der Waals surface area contributed by atoms with Gasteiger partial charge in [0.15, 0.2) is 0 Å². The molecule has 0 unspecified atom stereocenters. The molecule has 94 valence electrons. The Hall–Kier alpha value is -1.99. The first-order chi connectivity index (χ1) is 9.24. The summed E-state index contributed by atoms with van der Waals surface area (Å²) in [6, 6.07) is 20.5. The van der Waals surface area contributed by atoms with Crippen molar-refractivity contribution in [3.05, 3.63) is 71.2 Å². The number of rotatable bonds is 2. The first-order valence-corrected chi connectivity index (χ1v) is 6.63. The van der Waals surface area contributed by atoms with Crippen molar-refractivity contribution in [1.29, 1.82) is 0 Å². The maximum absolute atomic E-state index is 6.23. The van der Waals surface area contributed by atoms with Crippen LogP contribution in [-0.4, -0.2) is 0 Å². The number of hydrogen-bond donors (Lipinski definition) is 1. The molecule has 0 aliphatic carbocycles. The lowest BCUT2D eigenvalue weighted by Crippen LogP contribution is -1.93. The van der Waals surface area contributed by atoms with E-state index in [-0.39, 0.29) is 0 Å². The second-order valence-corrected chi connectivity index (χ2v) is 5.04. The molecule has 0 atom stereocenters. The number of anilines is 2. The Morgan fingerprint density at radius 3 is 2.53 bits per heavy atom. The third-order valence-electron chi connectivity index (χ3n) is 3.18. The second kappa shape index (κ2) is 4.94. The first kappa shape index (κ1) is 12.1. The van der Waals surface area contributed by atoms with Crippen molar-refractivity contribution in [2.24, 2.45) is 0 Å². The Morgan fingerprint density at radius 1 is 0.842 bits per heavy atom. The van der Waals surface area contributed by atoms with Gasteiger partial charge in [-0.15, -0.1) is 0 Å². The van der Waals surface area contributed by atoms with Crippen LogP contribution >= 0.6 is 11.6 Å². The molecular weight excluding hydrogens is 254 g/mol. The van der Waals surface area contributed by atoms with Gasteiger partial charge in [-0.2, -0.15) is 0 Å². The zero-order valence-corrected chi connectivity index (χ0v) is 11.4. The third-order valence-corrected chi connectivity index (χ3v) is 3.51. The molecule has 0 saturated carbocycles. The van der Waals surface area contributed by atoms with Gasteiger partial charge in [0, 0.05) is 11.1 Å². The minimum atomic E-state index is 0.735. The number of nitrogens with one attached hydrogen (secondary N) is 1. The number of fused-ring (bicyclic) bond motifs is 1. The van der Waals surface area contributed by atoms with E-state index >= 15 is 0 Å². The predicted octanol–water partition coefficient (Wildman–Crippen LogP) is 5.55. The highest BCUT2D eigenvalue weighted by Gasteiger charge is 2.04. The molecule has 0 aliphatic rings. The van der Waals surface area contributed by atoms with Crippen molar-refractivity contribution in [2.75, 3.05) is 5.32 Å². The summed E-state index contributed by atoms with van der Waals surface area (Å²) in [5.74, 6) is 0. The average molecular weight is 268 g/mol. The van der Waals surface area contributed by atoms with Gasteiger partial charge >= 0.3 is 0 Å². The van der Waals surface area contributed by atoms with Gasteiger partial charge in [0.1, 0.15) is 0 Å². The molecule has 0 amide bonds. The lowest BCUT2D eigenvalue weighted by atomic mass is 10.1. The number of aryl methyl sites for hydroxylation is 1. The van der Waals surface area contributed by atoms with Crippen LogP contribution in [0.25, 0.3) is 10.8 Å². The van der Waals surface area contributed by atoms with Crippen LogP contribution in [-0.2, 0) is 0 Å². The zero-order valence-electron chi connectivity index (χ0n) is 10.7. The average Bonchev–Trinajstić information content (AvgIpc) is 2.43. The van der Waals surface area contributed by atoms with Gasteiger partial charge in [-0.05, 0) is 36.1 Å². The second-order valence-electron chi connectivity index (χ2n) is 4.64. The van der Waals surface area contributed by atoms with Gasteiger partial charge in [-0.3, -0.25) is 0 Å². The molecule has 0 aliphatic heterocycles. The van der Waals surface area contributed by atoms with Crippen LogP contribution in [0.1, 0.15) is 5.56 Å². The Balaban J connectivity index is 2.08. The smallest absolute Gasteiger partial charge is 0.0641 e. The maximum atomic E-state index is 6.23. The monoisotopic (exact) mass is 267 g/mol. The van der Waals surface area contributed by atoms with Gasteiger partial charge in [0.2, 0.25) is 0 Å². The quantitative estimate of drug-likeness (QED) is 0.642. The van der Waals surface area contributed by atoms with Crippen molar-refractivity contribution in [1.82, 2.24) is 0 Å². The molecule has 0 radical (unpaired) electrons. The van der Waals surface area contributed by atoms with E-state index in [4.69, 9.17) is 11.6 Å². The summed E-state index contributed by atoms with van der Waals surface area (Å²) in [5, 5.41) is 6.57. The van der Waals surface area contributed by atoms with Gasteiger partial charge in [-0.1, -0.05) is 54.1 Å². The van der Waals surface area contributed by atoms with E-state index in [2.05, 4.69) is 42.6 Å². The van der Waals surface area contributed by atoms with Gasteiger partial charge in [0.05, 0.1) is 10.7 Å². The van der Waals surface area contributed by atoms with Crippen LogP contribution in [0.2, 0.25) is 5.02 Å². The summed E-state index contributed by atoms with van der Waals surface area (Å²) < 4.78 is 0. The van der Waals surface area contributed by atoms with E-state index in [0.29, 0.717) is 0 Å². The van der Waals surface area contributed by atoms with Crippen LogP contribution in [0.15, 0.2) is 60.7 Å². The standard InChI is InChI=1S/C17H14ClN/c1-12-9-10-15(18)17(11-12)19-16-8-4-6-13-5-2-3-7-14(13)16/h2-11,19H,1H3. The summed E-state index contributed by atoms with van der Waals surface area (Å²) in [4.78, 5) is 0. The Bertz CT molecular complexity index is 729. The van der Waals surface area contributed by atoms with Crippen molar-refractivity contribution < 1.29 is 0 Å². The first-order valence-electron chi connectivity index (χ1n) is 6.25. The third kappa shape index (κ3) is 2.42. The molecule has 1 N–H and O–H groups in total. The van der Waals surface area contributed by atoms with Gasteiger partial charge < -0.3 is 5.32 Å². The molecule has 3 aromatic carbocycles. The van der Waals surface area contributed by atoms with E-state index in [1.165, 1.54) is 16.3 Å². The maximum Gasteiger partial charge on any atom is 0.0641 e.